The highest BCUT2D eigenvalue weighted by Gasteiger charge is 2.06. The molecule has 0 spiro atoms. The Balaban J connectivity index is 2.01. The molecule has 0 amide bonds. The van der Waals surface area contributed by atoms with E-state index in [0.717, 1.165) is 22.7 Å². The van der Waals surface area contributed by atoms with Gasteiger partial charge in [0.25, 0.3) is 0 Å². The fraction of sp³-hybridized carbons (Fsp3) is 0.250. The lowest BCUT2D eigenvalue weighted by Crippen LogP contribution is -2.18. The van der Waals surface area contributed by atoms with Crippen LogP contribution in [0.4, 0.5) is 5.69 Å². The highest BCUT2D eigenvalue weighted by Crippen LogP contribution is 2.24. The summed E-state index contributed by atoms with van der Waals surface area (Å²) in [6, 6.07) is 13.6. The van der Waals surface area contributed by atoms with E-state index in [1.54, 1.807) is 12.1 Å². The van der Waals surface area contributed by atoms with Gasteiger partial charge in [-0.05, 0) is 55.7 Å². The molecule has 0 aliphatic carbocycles. The fourth-order valence-corrected chi connectivity index (χ4v) is 2.33. The summed E-state index contributed by atoms with van der Waals surface area (Å²) in [4.78, 5) is 0. The lowest BCUT2D eigenvalue weighted by atomic mass is 10.1. The molecular weight excluding hydrogens is 258 g/mol. The molecule has 0 aliphatic heterocycles. The Kier molecular flexibility index (Phi) is 4.33. The number of halogens is 1. The van der Waals surface area contributed by atoms with Gasteiger partial charge in [0.2, 0.25) is 0 Å². The number of benzene rings is 2. The number of phenolic OH excluding ortho intramolecular Hbond substituents is 1. The van der Waals surface area contributed by atoms with Crippen molar-refractivity contribution in [1.29, 1.82) is 0 Å². The third kappa shape index (κ3) is 3.90. The molecule has 0 saturated carbocycles. The van der Waals surface area contributed by atoms with E-state index in [1.807, 2.05) is 37.3 Å². The second kappa shape index (κ2) is 5.98. The van der Waals surface area contributed by atoms with Gasteiger partial charge in [0.1, 0.15) is 5.75 Å². The van der Waals surface area contributed by atoms with Crippen molar-refractivity contribution in [3.8, 4) is 5.75 Å². The van der Waals surface area contributed by atoms with Crippen molar-refractivity contribution in [3.05, 3.63) is 58.6 Å². The van der Waals surface area contributed by atoms with Gasteiger partial charge in [-0.1, -0.05) is 29.8 Å². The maximum atomic E-state index is 9.26. The van der Waals surface area contributed by atoms with Gasteiger partial charge in [-0.3, -0.25) is 0 Å². The summed E-state index contributed by atoms with van der Waals surface area (Å²) in [7, 11) is 0. The normalized spacial score (nSPS) is 12.2. The Labute approximate surface area is 119 Å². The van der Waals surface area contributed by atoms with Crippen LogP contribution < -0.4 is 5.32 Å². The minimum absolute atomic E-state index is 0.268. The average molecular weight is 276 g/mol. The summed E-state index contributed by atoms with van der Waals surface area (Å²) in [5, 5.41) is 13.4. The summed E-state index contributed by atoms with van der Waals surface area (Å²) in [6.45, 7) is 4.14. The molecule has 0 fully saturated rings. The second-order valence-electron chi connectivity index (χ2n) is 4.90. The fourth-order valence-electron chi connectivity index (χ4n) is 2.04. The van der Waals surface area contributed by atoms with Crippen LogP contribution in [0.3, 0.4) is 0 Å². The van der Waals surface area contributed by atoms with Crippen molar-refractivity contribution in [2.45, 2.75) is 26.3 Å². The topological polar surface area (TPSA) is 32.3 Å². The SMILES string of the molecule is Cc1ccc(NC(C)Cc2ccc(O)cc2)c(Cl)c1. The number of aromatic hydroxyl groups is 1. The third-order valence-electron chi connectivity index (χ3n) is 3.00. The molecule has 0 heterocycles. The molecule has 0 saturated heterocycles. The lowest BCUT2D eigenvalue weighted by Gasteiger charge is -2.16. The monoisotopic (exact) mass is 275 g/mol. The summed E-state index contributed by atoms with van der Waals surface area (Å²) in [5.41, 5.74) is 3.29. The molecule has 0 aromatic heterocycles. The average Bonchev–Trinajstić information content (AvgIpc) is 2.36. The van der Waals surface area contributed by atoms with Crippen LogP contribution in [0.5, 0.6) is 5.75 Å². The number of anilines is 1. The second-order valence-corrected chi connectivity index (χ2v) is 5.31. The van der Waals surface area contributed by atoms with Crippen LogP contribution in [-0.4, -0.2) is 11.1 Å². The Morgan fingerprint density at radius 2 is 1.84 bits per heavy atom. The quantitative estimate of drug-likeness (QED) is 0.867. The van der Waals surface area contributed by atoms with E-state index >= 15 is 0 Å². The van der Waals surface area contributed by atoms with E-state index < -0.39 is 0 Å². The molecule has 2 nitrogen and oxygen atoms in total. The molecule has 2 rings (SSSR count). The number of nitrogens with one attached hydrogen (secondary N) is 1. The number of phenols is 1. The molecule has 19 heavy (non-hydrogen) atoms. The molecule has 2 N–H and O–H groups in total. The highest BCUT2D eigenvalue weighted by atomic mass is 35.5. The predicted octanol–water partition coefficient (Wildman–Crippen LogP) is 4.40. The van der Waals surface area contributed by atoms with Crippen LogP contribution in [0.1, 0.15) is 18.1 Å². The molecule has 3 heteroatoms. The van der Waals surface area contributed by atoms with Crippen LogP contribution in [-0.2, 0) is 6.42 Å². The number of aryl methyl sites for hydroxylation is 1. The van der Waals surface area contributed by atoms with Crippen molar-refractivity contribution in [1.82, 2.24) is 0 Å². The van der Waals surface area contributed by atoms with Crippen molar-refractivity contribution in [2.24, 2.45) is 0 Å². The molecular formula is C16H18ClNO. The van der Waals surface area contributed by atoms with Crippen molar-refractivity contribution >= 4 is 17.3 Å². The summed E-state index contributed by atoms with van der Waals surface area (Å²) in [6.07, 6.45) is 0.879. The van der Waals surface area contributed by atoms with Gasteiger partial charge in [0.15, 0.2) is 0 Å². The standard InChI is InChI=1S/C16H18ClNO/c1-11-3-8-16(15(17)9-11)18-12(2)10-13-4-6-14(19)7-5-13/h3-9,12,18-19H,10H2,1-2H3. The van der Waals surface area contributed by atoms with Crippen molar-refractivity contribution in [3.63, 3.8) is 0 Å². The Morgan fingerprint density at radius 3 is 2.47 bits per heavy atom. The van der Waals surface area contributed by atoms with Gasteiger partial charge >= 0.3 is 0 Å². The molecule has 2 aromatic rings. The maximum Gasteiger partial charge on any atom is 0.115 e. The van der Waals surface area contributed by atoms with E-state index in [2.05, 4.69) is 12.2 Å². The van der Waals surface area contributed by atoms with Crippen molar-refractivity contribution < 1.29 is 5.11 Å². The van der Waals surface area contributed by atoms with E-state index in [1.165, 1.54) is 5.56 Å². The minimum Gasteiger partial charge on any atom is -0.508 e. The smallest absolute Gasteiger partial charge is 0.115 e. The Morgan fingerprint density at radius 1 is 1.16 bits per heavy atom. The molecule has 0 radical (unpaired) electrons. The van der Waals surface area contributed by atoms with E-state index in [4.69, 9.17) is 11.6 Å². The molecule has 1 unspecified atom stereocenters. The number of hydrogen-bond acceptors (Lipinski definition) is 2. The van der Waals surface area contributed by atoms with E-state index in [0.29, 0.717) is 5.75 Å². The summed E-state index contributed by atoms with van der Waals surface area (Å²) >= 11 is 6.20. The first-order valence-electron chi connectivity index (χ1n) is 6.35. The maximum absolute atomic E-state index is 9.26. The number of rotatable bonds is 4. The van der Waals surface area contributed by atoms with Crippen molar-refractivity contribution in [2.75, 3.05) is 5.32 Å². The van der Waals surface area contributed by atoms with E-state index in [-0.39, 0.29) is 6.04 Å². The van der Waals surface area contributed by atoms with Crippen LogP contribution >= 0.6 is 11.6 Å². The minimum atomic E-state index is 0.268. The molecule has 1 atom stereocenters. The lowest BCUT2D eigenvalue weighted by molar-refractivity contribution is 0.475. The first-order valence-corrected chi connectivity index (χ1v) is 6.73. The van der Waals surface area contributed by atoms with Crippen LogP contribution in [0.2, 0.25) is 5.02 Å². The van der Waals surface area contributed by atoms with Gasteiger partial charge in [-0.15, -0.1) is 0 Å². The van der Waals surface area contributed by atoms with Gasteiger partial charge < -0.3 is 10.4 Å². The van der Waals surface area contributed by atoms with Gasteiger partial charge in [-0.2, -0.15) is 0 Å². The zero-order valence-corrected chi connectivity index (χ0v) is 11.9. The van der Waals surface area contributed by atoms with E-state index in [9.17, 15) is 5.11 Å². The summed E-state index contributed by atoms with van der Waals surface area (Å²) in [5.74, 6) is 0.297. The van der Waals surface area contributed by atoms with Crippen LogP contribution in [0.15, 0.2) is 42.5 Å². The van der Waals surface area contributed by atoms with Crippen LogP contribution in [0, 0.1) is 6.92 Å². The first-order chi connectivity index (χ1) is 9.04. The van der Waals surface area contributed by atoms with Gasteiger partial charge in [-0.25, -0.2) is 0 Å². The molecule has 0 bridgehead atoms. The molecule has 2 aromatic carbocycles. The molecule has 0 aliphatic rings. The number of hydrogen-bond donors (Lipinski definition) is 2. The summed E-state index contributed by atoms with van der Waals surface area (Å²) < 4.78 is 0. The van der Waals surface area contributed by atoms with Crippen LogP contribution in [0.25, 0.3) is 0 Å². The highest BCUT2D eigenvalue weighted by molar-refractivity contribution is 6.33. The predicted molar refractivity (Wildman–Crippen MR) is 81.1 cm³/mol. The molecule has 100 valence electrons. The third-order valence-corrected chi connectivity index (χ3v) is 3.32. The van der Waals surface area contributed by atoms with Gasteiger partial charge in [0.05, 0.1) is 10.7 Å². The van der Waals surface area contributed by atoms with Gasteiger partial charge in [0, 0.05) is 6.04 Å². The Bertz CT molecular complexity index is 551. The largest absolute Gasteiger partial charge is 0.508 e. The first kappa shape index (κ1) is 13.8. The Hall–Kier alpha value is -1.67. The zero-order valence-electron chi connectivity index (χ0n) is 11.2. The zero-order chi connectivity index (χ0) is 13.8.